The number of carbonyl (C=O) groups is 5. The van der Waals surface area contributed by atoms with Crippen LogP contribution in [0.25, 0.3) is 0 Å². The molecule has 1 aromatic carbocycles. The van der Waals surface area contributed by atoms with Gasteiger partial charge in [-0.3, -0.25) is 19.2 Å². The molecule has 0 saturated heterocycles. The molecule has 0 spiro atoms. The molecule has 0 aliphatic heterocycles. The van der Waals surface area contributed by atoms with Crippen LogP contribution in [0.2, 0.25) is 0 Å². The second-order valence-electron chi connectivity index (χ2n) is 13.6. The van der Waals surface area contributed by atoms with Crippen LogP contribution in [0.3, 0.4) is 0 Å². The van der Waals surface area contributed by atoms with Crippen LogP contribution in [0.4, 0.5) is 4.79 Å². The maximum Gasteiger partial charge on any atom is 0.315 e. The van der Waals surface area contributed by atoms with E-state index in [1.54, 1.807) is 39.0 Å². The Balaban J connectivity index is 2.31. The summed E-state index contributed by atoms with van der Waals surface area (Å²) >= 11 is 0. The number of nitrogens with one attached hydrogen (secondary N) is 4. The van der Waals surface area contributed by atoms with Crippen LogP contribution >= 0.6 is 0 Å². The third-order valence-corrected chi connectivity index (χ3v) is 10.4. The van der Waals surface area contributed by atoms with E-state index < -0.39 is 68.5 Å². The molecule has 268 valence electrons. The van der Waals surface area contributed by atoms with E-state index in [0.29, 0.717) is 19.3 Å². The Morgan fingerprint density at radius 1 is 0.980 bits per heavy atom. The summed E-state index contributed by atoms with van der Waals surface area (Å²) in [6, 6.07) is 3.94. The third kappa shape index (κ3) is 11.9. The average Bonchev–Trinajstić information content (AvgIpc) is 3.05. The molecule has 0 heterocycles. The lowest BCUT2D eigenvalue weighted by Crippen LogP contribution is -2.63. The summed E-state index contributed by atoms with van der Waals surface area (Å²) in [5, 5.41) is 10.6. The highest BCUT2D eigenvalue weighted by molar-refractivity contribution is 7.91. The number of nitrogens with zero attached hydrogens (tertiary/aromatic N) is 1. The third-order valence-electron chi connectivity index (χ3n) is 8.53. The molecule has 1 saturated carbocycles. The summed E-state index contributed by atoms with van der Waals surface area (Å²) in [5.41, 5.74) is -1.86. The second-order valence-corrected chi connectivity index (χ2v) is 15.6. The van der Waals surface area contributed by atoms with Gasteiger partial charge in [0.05, 0.1) is 28.8 Å². The monoisotopic (exact) mass is 697 g/mol. The molecule has 0 aromatic heterocycles. The van der Waals surface area contributed by atoms with E-state index in [4.69, 9.17) is 12.8 Å². The first-order valence-electron chi connectivity index (χ1n) is 16.7. The van der Waals surface area contributed by atoms with Crippen molar-refractivity contribution in [1.82, 2.24) is 26.2 Å². The summed E-state index contributed by atoms with van der Waals surface area (Å²) < 4.78 is 26.8. The molecule has 13 heteroatoms. The van der Waals surface area contributed by atoms with Crippen LogP contribution in [-0.2, 0) is 29.0 Å². The van der Waals surface area contributed by atoms with E-state index in [1.807, 2.05) is 6.92 Å². The number of hydrogen-bond donors (Lipinski definition) is 4. The number of carbonyl (C=O) groups excluding carboxylic acids is 5. The molecule has 1 unspecified atom stereocenters. The molecule has 1 aliphatic carbocycles. The predicted molar refractivity (Wildman–Crippen MR) is 188 cm³/mol. The number of Topliss-reactive ketones (excluding diaryl/α,β-unsaturated/α-hetero) is 1. The van der Waals surface area contributed by atoms with Gasteiger partial charge < -0.3 is 26.2 Å². The first-order chi connectivity index (χ1) is 23.0. The molecule has 5 amide bonds. The van der Waals surface area contributed by atoms with Crippen molar-refractivity contribution in [3.05, 3.63) is 30.3 Å². The van der Waals surface area contributed by atoms with Crippen molar-refractivity contribution in [2.45, 2.75) is 115 Å². The van der Waals surface area contributed by atoms with Crippen molar-refractivity contribution in [3.63, 3.8) is 0 Å². The summed E-state index contributed by atoms with van der Waals surface area (Å²) in [5.74, 6) is 1.19. The Labute approximate surface area is 291 Å². The van der Waals surface area contributed by atoms with Gasteiger partial charge in [-0.15, -0.1) is 18.8 Å². The van der Waals surface area contributed by atoms with Gasteiger partial charge in [0, 0.05) is 13.0 Å². The second kappa shape index (κ2) is 18.4. The zero-order chi connectivity index (χ0) is 36.8. The Bertz CT molecular complexity index is 1520. The smallest absolute Gasteiger partial charge is 0.315 e. The van der Waals surface area contributed by atoms with Crippen LogP contribution in [0.5, 0.6) is 0 Å². The van der Waals surface area contributed by atoms with E-state index in [2.05, 4.69) is 33.1 Å². The minimum Gasteiger partial charge on any atom is -0.344 e. The molecule has 1 aromatic rings. The molecule has 1 fully saturated rings. The number of rotatable bonds is 16. The normalized spacial score (nSPS) is 16.0. The van der Waals surface area contributed by atoms with Crippen LogP contribution in [0.1, 0.15) is 86.0 Å². The Morgan fingerprint density at radius 2 is 1.61 bits per heavy atom. The molecule has 3 atom stereocenters. The number of ketones is 1. The SMILES string of the molecule is C#CCCC(NC(=O)[C@H](C)N(CCC)C(=O)[C@@H](NC(=O)NC1(CS(=O)(=O)c2ccccc2)CCCCC1)C(C)(C)C)C(=O)C(=O)NCC#C. The summed E-state index contributed by atoms with van der Waals surface area (Å²) in [6.45, 7) is 8.60. The van der Waals surface area contributed by atoms with Gasteiger partial charge in [0.1, 0.15) is 12.1 Å². The van der Waals surface area contributed by atoms with E-state index >= 15 is 0 Å². The zero-order valence-corrected chi connectivity index (χ0v) is 30.1. The minimum atomic E-state index is -3.74. The lowest BCUT2D eigenvalue weighted by atomic mass is 9.83. The highest BCUT2D eigenvalue weighted by Gasteiger charge is 2.42. The molecular formula is C36H51N5O7S. The number of hydrogen-bond acceptors (Lipinski definition) is 7. The van der Waals surface area contributed by atoms with E-state index in [-0.39, 0.29) is 36.6 Å². The number of terminal acetylenes is 2. The molecule has 49 heavy (non-hydrogen) atoms. The first kappa shape index (κ1) is 40.8. The van der Waals surface area contributed by atoms with Crippen LogP contribution in [-0.4, -0.2) is 85.4 Å². The van der Waals surface area contributed by atoms with Gasteiger partial charge in [0.15, 0.2) is 9.84 Å². The van der Waals surface area contributed by atoms with Gasteiger partial charge >= 0.3 is 6.03 Å². The molecule has 0 radical (unpaired) electrons. The van der Waals surface area contributed by atoms with Crippen molar-refractivity contribution in [1.29, 1.82) is 0 Å². The van der Waals surface area contributed by atoms with Crippen molar-refractivity contribution >= 4 is 39.4 Å². The standard InChI is InChI=1S/C36H51N5O7S/c1-8-11-20-28(29(42)32(44)37-23-9-2)38-31(43)26(4)41(24-10-3)33(45)30(35(5,6)7)39-34(46)40-36(21-16-13-17-22-36)25-49(47,48)27-18-14-12-15-19-27/h1-2,12,14-15,18-19,26,28,30H,10-11,13,16-17,20-25H2,3-7H3,(H,37,44)(H,38,43)(H2,39,40,46)/t26-,28?,30+/m0/s1. The maximum atomic E-state index is 14.2. The van der Waals surface area contributed by atoms with Gasteiger partial charge in [0.25, 0.3) is 5.91 Å². The van der Waals surface area contributed by atoms with Crippen molar-refractivity contribution in [2.75, 3.05) is 18.8 Å². The summed E-state index contributed by atoms with van der Waals surface area (Å²) in [6.07, 6.45) is 14.4. The fourth-order valence-electron chi connectivity index (χ4n) is 5.87. The van der Waals surface area contributed by atoms with E-state index in [1.165, 1.54) is 24.0 Å². The highest BCUT2D eigenvalue weighted by Crippen LogP contribution is 2.32. The highest BCUT2D eigenvalue weighted by atomic mass is 32.2. The van der Waals surface area contributed by atoms with Gasteiger partial charge in [-0.1, -0.05) is 71.1 Å². The fourth-order valence-corrected chi connectivity index (χ4v) is 7.70. The molecule has 4 N–H and O–H groups in total. The lowest BCUT2D eigenvalue weighted by Gasteiger charge is -2.40. The quantitative estimate of drug-likeness (QED) is 0.152. The van der Waals surface area contributed by atoms with Gasteiger partial charge in [0.2, 0.25) is 17.6 Å². The average molecular weight is 698 g/mol. The maximum absolute atomic E-state index is 14.2. The minimum absolute atomic E-state index is 0.00687. The molecule has 1 aliphatic rings. The molecule has 0 bridgehead atoms. The van der Waals surface area contributed by atoms with Crippen molar-refractivity contribution in [2.24, 2.45) is 5.41 Å². The number of amides is 5. The van der Waals surface area contributed by atoms with Gasteiger partial charge in [-0.05, 0) is 50.2 Å². The zero-order valence-electron chi connectivity index (χ0n) is 29.3. The van der Waals surface area contributed by atoms with Gasteiger partial charge in [-0.25, -0.2) is 13.2 Å². The Hall–Kier alpha value is -4.36. The first-order valence-corrected chi connectivity index (χ1v) is 18.3. The number of sulfone groups is 1. The molecule has 2 rings (SSSR count). The lowest BCUT2D eigenvalue weighted by molar-refractivity contribution is -0.145. The number of urea groups is 1. The molecule has 12 nitrogen and oxygen atoms in total. The van der Waals surface area contributed by atoms with Crippen LogP contribution in [0.15, 0.2) is 35.2 Å². The van der Waals surface area contributed by atoms with Crippen molar-refractivity contribution in [3.8, 4) is 24.7 Å². The van der Waals surface area contributed by atoms with Crippen molar-refractivity contribution < 1.29 is 32.4 Å². The topological polar surface area (TPSA) is 171 Å². The Morgan fingerprint density at radius 3 is 2.16 bits per heavy atom. The van der Waals surface area contributed by atoms with Gasteiger partial charge in [-0.2, -0.15) is 0 Å². The van der Waals surface area contributed by atoms with E-state index in [0.717, 1.165) is 19.3 Å². The van der Waals surface area contributed by atoms with Crippen LogP contribution < -0.4 is 21.3 Å². The van der Waals surface area contributed by atoms with Crippen LogP contribution in [0, 0.1) is 30.1 Å². The Kier molecular flexibility index (Phi) is 15.3. The largest absolute Gasteiger partial charge is 0.344 e. The number of benzene rings is 1. The molecular weight excluding hydrogens is 646 g/mol. The fraction of sp³-hybridized carbons (Fsp3) is 0.583. The van der Waals surface area contributed by atoms with E-state index in [9.17, 15) is 32.4 Å². The summed E-state index contributed by atoms with van der Waals surface area (Å²) in [4.78, 5) is 68.0. The summed E-state index contributed by atoms with van der Waals surface area (Å²) in [7, 11) is -3.74. The predicted octanol–water partition coefficient (Wildman–Crippen LogP) is 2.72.